The van der Waals surface area contributed by atoms with E-state index in [4.69, 9.17) is 11.6 Å². The lowest BCUT2D eigenvalue weighted by molar-refractivity contribution is 0.721. The lowest BCUT2D eigenvalue weighted by Gasteiger charge is -2.03. The highest BCUT2D eigenvalue weighted by atomic mass is 35.5. The maximum atomic E-state index is 5.93. The first kappa shape index (κ1) is 12.0. The Balaban J connectivity index is 2.17. The second-order valence-corrected chi connectivity index (χ2v) is 4.14. The van der Waals surface area contributed by atoms with Gasteiger partial charge in [-0.15, -0.1) is 0 Å². The maximum absolute atomic E-state index is 5.93. The monoisotopic (exact) mass is 247 g/mol. The van der Waals surface area contributed by atoms with Crippen molar-refractivity contribution in [3.63, 3.8) is 0 Å². The minimum Gasteiger partial charge on any atom is -0.313 e. The Hall–Kier alpha value is -1.45. The average molecular weight is 248 g/mol. The van der Waals surface area contributed by atoms with Gasteiger partial charge in [0.05, 0.1) is 0 Å². The number of hydrogen-bond acceptors (Lipinski definition) is 3. The van der Waals surface area contributed by atoms with Crippen LogP contribution in [0, 0.1) is 0 Å². The third-order valence-electron chi connectivity index (χ3n) is 2.37. The largest absolute Gasteiger partial charge is 0.313 e. The average Bonchev–Trinajstić information content (AvgIpc) is 2.37. The van der Waals surface area contributed by atoms with E-state index in [1.165, 1.54) is 0 Å². The third kappa shape index (κ3) is 3.25. The Morgan fingerprint density at radius 2 is 2.00 bits per heavy atom. The summed E-state index contributed by atoms with van der Waals surface area (Å²) >= 11 is 5.93. The Labute approximate surface area is 106 Å². The molecule has 2 rings (SSSR count). The molecule has 1 N–H and O–H groups in total. The summed E-state index contributed by atoms with van der Waals surface area (Å²) in [6.45, 7) is 3.81. The van der Waals surface area contributed by atoms with Gasteiger partial charge in [-0.05, 0) is 18.7 Å². The summed E-state index contributed by atoms with van der Waals surface area (Å²) in [6, 6.07) is 7.55. The van der Waals surface area contributed by atoms with Gasteiger partial charge in [0.2, 0.25) is 0 Å². The summed E-state index contributed by atoms with van der Waals surface area (Å²) in [5.41, 5.74) is 2.02. The van der Waals surface area contributed by atoms with Crippen molar-refractivity contribution in [2.24, 2.45) is 0 Å². The molecule has 3 nitrogen and oxygen atoms in total. The molecular weight excluding hydrogens is 234 g/mol. The molecule has 0 aliphatic rings. The van der Waals surface area contributed by atoms with Crippen LogP contribution in [0.1, 0.15) is 12.5 Å². The lowest BCUT2D eigenvalue weighted by atomic mass is 10.2. The number of aromatic nitrogens is 2. The van der Waals surface area contributed by atoms with Gasteiger partial charge in [-0.1, -0.05) is 30.7 Å². The molecule has 88 valence electrons. The fourth-order valence-corrected chi connectivity index (χ4v) is 1.68. The van der Waals surface area contributed by atoms with Crippen LogP contribution in [0.25, 0.3) is 11.4 Å². The number of rotatable bonds is 4. The molecule has 0 unspecified atom stereocenters. The minimum atomic E-state index is 0.697. The molecule has 4 heteroatoms. The maximum Gasteiger partial charge on any atom is 0.159 e. The van der Waals surface area contributed by atoms with Crippen molar-refractivity contribution in [1.29, 1.82) is 0 Å². The molecule has 1 aromatic carbocycles. The van der Waals surface area contributed by atoms with Crippen molar-refractivity contribution < 1.29 is 0 Å². The zero-order valence-corrected chi connectivity index (χ0v) is 10.4. The normalized spacial score (nSPS) is 10.5. The van der Waals surface area contributed by atoms with Crippen molar-refractivity contribution >= 4 is 11.6 Å². The van der Waals surface area contributed by atoms with Gasteiger partial charge in [0, 0.05) is 35.1 Å². The van der Waals surface area contributed by atoms with E-state index < -0.39 is 0 Å². The van der Waals surface area contributed by atoms with Crippen molar-refractivity contribution in [2.45, 2.75) is 13.5 Å². The molecule has 1 aromatic heterocycles. The quantitative estimate of drug-likeness (QED) is 0.903. The SMILES string of the molecule is CCNCc1cnc(-c2cccc(Cl)c2)nc1. The number of halogens is 1. The second-order valence-electron chi connectivity index (χ2n) is 3.71. The highest BCUT2D eigenvalue weighted by molar-refractivity contribution is 6.30. The van der Waals surface area contributed by atoms with Crippen molar-refractivity contribution in [1.82, 2.24) is 15.3 Å². The fourth-order valence-electron chi connectivity index (χ4n) is 1.49. The van der Waals surface area contributed by atoms with Crippen molar-refractivity contribution in [3.05, 3.63) is 47.2 Å². The first-order valence-electron chi connectivity index (χ1n) is 5.57. The summed E-state index contributed by atoms with van der Waals surface area (Å²) in [6.07, 6.45) is 3.68. The molecule has 0 aliphatic carbocycles. The van der Waals surface area contributed by atoms with E-state index in [1.807, 2.05) is 36.7 Å². The molecule has 0 atom stereocenters. The van der Waals surface area contributed by atoms with Gasteiger partial charge in [0.15, 0.2) is 5.82 Å². The molecule has 0 saturated carbocycles. The number of benzene rings is 1. The second kappa shape index (κ2) is 5.75. The Morgan fingerprint density at radius 3 is 2.65 bits per heavy atom. The summed E-state index contributed by atoms with van der Waals surface area (Å²) in [5, 5.41) is 3.93. The van der Waals surface area contributed by atoms with Crippen molar-refractivity contribution in [3.8, 4) is 11.4 Å². The van der Waals surface area contributed by atoms with Gasteiger partial charge >= 0.3 is 0 Å². The zero-order valence-electron chi connectivity index (χ0n) is 9.65. The van der Waals surface area contributed by atoms with E-state index in [1.54, 1.807) is 0 Å². The van der Waals surface area contributed by atoms with Gasteiger partial charge in [-0.25, -0.2) is 9.97 Å². The van der Waals surface area contributed by atoms with Crippen LogP contribution in [0.15, 0.2) is 36.7 Å². The highest BCUT2D eigenvalue weighted by Crippen LogP contribution is 2.18. The molecule has 0 radical (unpaired) electrons. The molecule has 0 fully saturated rings. The van der Waals surface area contributed by atoms with E-state index in [2.05, 4.69) is 22.2 Å². The molecule has 1 heterocycles. The Kier molecular flexibility index (Phi) is 4.07. The zero-order chi connectivity index (χ0) is 12.1. The van der Waals surface area contributed by atoms with Gasteiger partial charge in [0.1, 0.15) is 0 Å². The Bertz CT molecular complexity index is 482. The van der Waals surface area contributed by atoms with Gasteiger partial charge in [-0.2, -0.15) is 0 Å². The molecular formula is C13H14ClN3. The van der Waals surface area contributed by atoms with Crippen LogP contribution in [-0.2, 0) is 6.54 Å². The molecule has 0 amide bonds. The van der Waals surface area contributed by atoms with E-state index in [-0.39, 0.29) is 0 Å². The van der Waals surface area contributed by atoms with E-state index >= 15 is 0 Å². The van der Waals surface area contributed by atoms with Gasteiger partial charge in [-0.3, -0.25) is 0 Å². The highest BCUT2D eigenvalue weighted by Gasteiger charge is 2.01. The molecule has 0 bridgehead atoms. The molecule has 0 saturated heterocycles. The van der Waals surface area contributed by atoms with Crippen LogP contribution in [0.3, 0.4) is 0 Å². The summed E-state index contributed by atoms with van der Waals surface area (Å²) in [7, 11) is 0. The van der Waals surface area contributed by atoms with Crippen molar-refractivity contribution in [2.75, 3.05) is 6.54 Å². The number of nitrogens with zero attached hydrogens (tertiary/aromatic N) is 2. The molecule has 0 spiro atoms. The smallest absolute Gasteiger partial charge is 0.159 e. The molecule has 17 heavy (non-hydrogen) atoms. The van der Waals surface area contributed by atoms with Crippen LogP contribution in [0.5, 0.6) is 0 Å². The lowest BCUT2D eigenvalue weighted by Crippen LogP contribution is -2.12. The summed E-state index contributed by atoms with van der Waals surface area (Å²) in [4.78, 5) is 8.67. The van der Waals surface area contributed by atoms with E-state index in [9.17, 15) is 0 Å². The van der Waals surface area contributed by atoms with Crippen LogP contribution >= 0.6 is 11.6 Å². The summed E-state index contributed by atoms with van der Waals surface area (Å²) in [5.74, 6) is 0.702. The topological polar surface area (TPSA) is 37.8 Å². The number of hydrogen-bond donors (Lipinski definition) is 1. The van der Waals surface area contributed by atoms with Gasteiger partial charge in [0.25, 0.3) is 0 Å². The molecule has 2 aromatic rings. The standard InChI is InChI=1S/C13H14ClN3/c1-2-15-7-10-8-16-13(17-9-10)11-4-3-5-12(14)6-11/h3-6,8-9,15H,2,7H2,1H3. The van der Waals surface area contributed by atoms with Crippen LogP contribution in [0.2, 0.25) is 5.02 Å². The van der Waals surface area contributed by atoms with Crippen LogP contribution < -0.4 is 5.32 Å². The van der Waals surface area contributed by atoms with E-state index in [0.717, 1.165) is 24.2 Å². The first-order valence-corrected chi connectivity index (χ1v) is 5.95. The Morgan fingerprint density at radius 1 is 1.24 bits per heavy atom. The first-order chi connectivity index (χ1) is 8.29. The fraction of sp³-hybridized carbons (Fsp3) is 0.231. The minimum absolute atomic E-state index is 0.697. The predicted molar refractivity (Wildman–Crippen MR) is 69.9 cm³/mol. The van der Waals surface area contributed by atoms with Gasteiger partial charge < -0.3 is 5.32 Å². The predicted octanol–water partition coefficient (Wildman–Crippen LogP) is 2.91. The third-order valence-corrected chi connectivity index (χ3v) is 2.60. The molecule has 0 aliphatic heterocycles. The number of nitrogens with one attached hydrogen (secondary N) is 1. The van der Waals surface area contributed by atoms with Crippen LogP contribution in [0.4, 0.5) is 0 Å². The van der Waals surface area contributed by atoms with Crippen LogP contribution in [-0.4, -0.2) is 16.5 Å². The summed E-state index contributed by atoms with van der Waals surface area (Å²) < 4.78 is 0. The van der Waals surface area contributed by atoms with E-state index in [0.29, 0.717) is 10.8 Å².